The summed E-state index contributed by atoms with van der Waals surface area (Å²) in [5, 5.41) is 39.6. The number of carboxylic acid groups (broad SMARTS) is 2. The van der Waals surface area contributed by atoms with Crippen molar-refractivity contribution >= 4 is 29.7 Å². The zero-order valence-corrected chi connectivity index (χ0v) is 24.0. The molecular formula is C27H31F6N5O9. The first-order valence-electron chi connectivity index (χ1n) is 13.1. The number of fused-ring (bicyclic) bond motifs is 5. The molecule has 2 aromatic carbocycles. The number of halogens is 6. The van der Waals surface area contributed by atoms with Crippen LogP contribution in [0.15, 0.2) is 42.5 Å². The predicted octanol–water partition coefficient (Wildman–Crippen LogP) is -0.0837. The summed E-state index contributed by atoms with van der Waals surface area (Å²) in [6.07, 6.45) is -11.3. The number of nitrogens with one attached hydrogen (secondary N) is 2. The first kappa shape index (κ1) is 40.1. The predicted molar refractivity (Wildman–Crippen MR) is 149 cm³/mol. The van der Waals surface area contributed by atoms with Gasteiger partial charge in [0.15, 0.2) is 0 Å². The standard InChI is InChI=1S/C23H29N5O5.2C2HF3O2/c24-11-16(29)10-19-23(33)27-18(21(26)31)7-12-2-1-3-13(6-12)14-4-5-20(30)15(8-14)9-17(25)22(32)28-19;2*3-2(4,5)1(6)7/h1-6,8,16-19,29-30H,7,9-11,24-25H2,(H2,26,31)(H,27,33)(H,28,32);2*(H,6,7)/t16-,17+,18+,19+;;/m1../s1. The fourth-order valence-electron chi connectivity index (χ4n) is 3.75. The lowest BCUT2D eigenvalue weighted by atomic mass is 9.96. The van der Waals surface area contributed by atoms with Gasteiger partial charge in [-0.25, -0.2) is 9.59 Å². The van der Waals surface area contributed by atoms with Crippen LogP contribution in [-0.4, -0.2) is 93.2 Å². The van der Waals surface area contributed by atoms with E-state index in [9.17, 15) is 50.9 Å². The number of carbonyl (C=O) groups is 5. The quantitative estimate of drug-likeness (QED) is 0.192. The molecule has 0 unspecified atom stereocenters. The fraction of sp³-hybridized carbons (Fsp3) is 0.370. The molecular weight excluding hydrogens is 652 g/mol. The number of aliphatic hydroxyl groups is 1. The molecule has 4 bridgehead atoms. The largest absolute Gasteiger partial charge is 0.508 e. The Morgan fingerprint density at radius 1 is 0.872 bits per heavy atom. The lowest BCUT2D eigenvalue weighted by molar-refractivity contribution is -0.193. The highest BCUT2D eigenvalue weighted by molar-refractivity contribution is 5.93. The number of nitrogens with two attached hydrogens (primary N) is 3. The van der Waals surface area contributed by atoms with E-state index in [0.717, 1.165) is 16.7 Å². The van der Waals surface area contributed by atoms with Gasteiger partial charge in [0.2, 0.25) is 17.7 Å². The Morgan fingerprint density at radius 2 is 1.40 bits per heavy atom. The van der Waals surface area contributed by atoms with E-state index in [1.54, 1.807) is 18.2 Å². The van der Waals surface area contributed by atoms with Gasteiger partial charge >= 0.3 is 24.3 Å². The van der Waals surface area contributed by atoms with E-state index in [1.807, 2.05) is 18.2 Å². The molecule has 0 saturated heterocycles. The molecule has 14 nitrogen and oxygen atoms in total. The molecule has 0 aromatic heterocycles. The summed E-state index contributed by atoms with van der Waals surface area (Å²) in [5.74, 6) is -7.62. The van der Waals surface area contributed by atoms with Crippen LogP contribution in [0.1, 0.15) is 17.5 Å². The molecule has 0 aliphatic carbocycles. The molecule has 47 heavy (non-hydrogen) atoms. The second kappa shape index (κ2) is 17.1. The molecule has 1 heterocycles. The van der Waals surface area contributed by atoms with Crippen LogP contribution in [0.3, 0.4) is 0 Å². The number of aromatic hydroxyl groups is 1. The second-order valence-electron chi connectivity index (χ2n) is 9.81. The zero-order valence-electron chi connectivity index (χ0n) is 24.0. The Labute approximate surface area is 261 Å². The summed E-state index contributed by atoms with van der Waals surface area (Å²) in [7, 11) is 0. The number of carbonyl (C=O) groups excluding carboxylic acids is 3. The molecule has 0 radical (unpaired) electrons. The average molecular weight is 684 g/mol. The molecule has 1 aliphatic rings. The van der Waals surface area contributed by atoms with Crippen molar-refractivity contribution in [2.24, 2.45) is 17.2 Å². The maximum absolute atomic E-state index is 12.9. The smallest absolute Gasteiger partial charge is 0.490 e. The van der Waals surface area contributed by atoms with Crippen molar-refractivity contribution in [2.75, 3.05) is 6.54 Å². The van der Waals surface area contributed by atoms with Crippen molar-refractivity contribution in [1.29, 1.82) is 0 Å². The molecule has 4 atom stereocenters. The lowest BCUT2D eigenvalue weighted by Crippen LogP contribution is -2.57. The highest BCUT2D eigenvalue weighted by Crippen LogP contribution is 2.28. The number of carboxylic acids is 2. The van der Waals surface area contributed by atoms with Gasteiger partial charge in [0.25, 0.3) is 0 Å². The molecule has 260 valence electrons. The van der Waals surface area contributed by atoms with Gasteiger partial charge in [0.1, 0.15) is 17.8 Å². The minimum atomic E-state index is -5.08. The summed E-state index contributed by atoms with van der Waals surface area (Å²) in [4.78, 5) is 55.5. The van der Waals surface area contributed by atoms with E-state index in [0.29, 0.717) is 5.56 Å². The number of aliphatic hydroxyl groups excluding tert-OH is 1. The summed E-state index contributed by atoms with van der Waals surface area (Å²) in [6, 6.07) is 9.02. The third-order valence-electron chi connectivity index (χ3n) is 6.11. The first-order valence-corrected chi connectivity index (χ1v) is 13.1. The SMILES string of the molecule is NC[C@H](O)C[C@@H]1NC(=O)[C@@H](N)Cc2cc(ccc2O)-c2cccc(c2)C[C@@H](C(N)=O)NC1=O.O=C(O)C(F)(F)F.O=C(O)C(F)(F)F. The molecule has 1 aliphatic heterocycles. The van der Waals surface area contributed by atoms with Crippen molar-refractivity contribution in [3.05, 3.63) is 53.6 Å². The number of primary amides is 1. The Kier molecular flexibility index (Phi) is 14.6. The number of rotatable bonds is 4. The van der Waals surface area contributed by atoms with E-state index in [1.165, 1.54) is 6.07 Å². The highest BCUT2D eigenvalue weighted by atomic mass is 19.4. The molecule has 0 spiro atoms. The number of phenols is 1. The van der Waals surface area contributed by atoms with Gasteiger partial charge in [-0.3, -0.25) is 14.4 Å². The summed E-state index contributed by atoms with van der Waals surface area (Å²) >= 11 is 0. The third-order valence-corrected chi connectivity index (χ3v) is 6.11. The van der Waals surface area contributed by atoms with Crippen LogP contribution in [0.2, 0.25) is 0 Å². The molecule has 3 amide bonds. The highest BCUT2D eigenvalue weighted by Gasteiger charge is 2.39. The number of alkyl halides is 6. The minimum absolute atomic E-state index is 0.0101. The van der Waals surface area contributed by atoms with Crippen LogP contribution < -0.4 is 27.8 Å². The number of phenolic OH excluding ortho intramolecular Hbond substituents is 1. The summed E-state index contributed by atoms with van der Waals surface area (Å²) in [5.41, 5.74) is 19.9. The van der Waals surface area contributed by atoms with E-state index >= 15 is 0 Å². The molecule has 3 rings (SSSR count). The van der Waals surface area contributed by atoms with Crippen LogP contribution in [0.5, 0.6) is 5.75 Å². The van der Waals surface area contributed by atoms with Crippen LogP contribution in [0.25, 0.3) is 11.1 Å². The van der Waals surface area contributed by atoms with Crippen LogP contribution >= 0.6 is 0 Å². The summed E-state index contributed by atoms with van der Waals surface area (Å²) < 4.78 is 63.5. The van der Waals surface area contributed by atoms with Gasteiger partial charge in [-0.2, -0.15) is 26.3 Å². The van der Waals surface area contributed by atoms with Gasteiger partial charge in [-0.1, -0.05) is 30.3 Å². The van der Waals surface area contributed by atoms with E-state index in [4.69, 9.17) is 37.0 Å². The monoisotopic (exact) mass is 683 g/mol. The van der Waals surface area contributed by atoms with Crippen LogP contribution in [0, 0.1) is 0 Å². The van der Waals surface area contributed by atoms with Gasteiger partial charge in [0.05, 0.1) is 12.1 Å². The van der Waals surface area contributed by atoms with E-state index < -0.39 is 66.2 Å². The Balaban J connectivity index is 0.000000658. The zero-order chi connectivity index (χ0) is 36.3. The Morgan fingerprint density at radius 3 is 1.89 bits per heavy atom. The van der Waals surface area contributed by atoms with E-state index in [-0.39, 0.29) is 31.6 Å². The van der Waals surface area contributed by atoms with Crippen molar-refractivity contribution < 1.29 is 70.7 Å². The number of aliphatic carboxylic acids is 2. The van der Waals surface area contributed by atoms with Crippen LogP contribution in [-0.2, 0) is 36.8 Å². The van der Waals surface area contributed by atoms with Crippen molar-refractivity contribution in [2.45, 2.75) is 55.8 Å². The maximum Gasteiger partial charge on any atom is 0.490 e. The lowest BCUT2D eigenvalue weighted by Gasteiger charge is -2.24. The van der Waals surface area contributed by atoms with Gasteiger partial charge < -0.3 is 48.3 Å². The van der Waals surface area contributed by atoms with Crippen molar-refractivity contribution in [3.8, 4) is 16.9 Å². The van der Waals surface area contributed by atoms with Crippen molar-refractivity contribution in [1.82, 2.24) is 10.6 Å². The maximum atomic E-state index is 12.9. The fourth-order valence-corrected chi connectivity index (χ4v) is 3.75. The van der Waals surface area contributed by atoms with Gasteiger partial charge in [0, 0.05) is 25.8 Å². The molecule has 20 heteroatoms. The topological polar surface area (TPSA) is 268 Å². The number of hydrogen-bond donors (Lipinski definition) is 9. The van der Waals surface area contributed by atoms with Crippen molar-refractivity contribution in [3.63, 3.8) is 0 Å². The molecule has 2 aromatic rings. The second-order valence-corrected chi connectivity index (χ2v) is 9.81. The first-order chi connectivity index (χ1) is 21.6. The van der Waals surface area contributed by atoms with Gasteiger partial charge in [-0.05, 0) is 34.4 Å². The summed E-state index contributed by atoms with van der Waals surface area (Å²) in [6.45, 7) is -0.127. The number of amides is 3. The normalized spacial score (nSPS) is 19.0. The minimum Gasteiger partial charge on any atom is -0.508 e. The Bertz CT molecular complexity index is 1410. The van der Waals surface area contributed by atoms with E-state index in [2.05, 4.69) is 10.6 Å². The Hall–Kier alpha value is -4.95. The average Bonchev–Trinajstić information content (AvgIpc) is 2.96. The van der Waals surface area contributed by atoms with Crippen LogP contribution in [0.4, 0.5) is 26.3 Å². The molecule has 12 N–H and O–H groups in total. The number of benzene rings is 2. The number of hydrogen-bond acceptors (Lipinski definition) is 9. The van der Waals surface area contributed by atoms with Gasteiger partial charge in [-0.15, -0.1) is 0 Å². The molecule has 0 fully saturated rings. The molecule has 0 saturated carbocycles. The third kappa shape index (κ3) is 13.5.